The Morgan fingerprint density at radius 3 is 2.36 bits per heavy atom. The quantitative estimate of drug-likeness (QED) is 0.595. The summed E-state index contributed by atoms with van der Waals surface area (Å²) in [5.41, 5.74) is 4.64. The summed E-state index contributed by atoms with van der Waals surface area (Å²) in [6, 6.07) is 3.68. The lowest BCUT2D eigenvalue weighted by molar-refractivity contribution is -0.138. The van der Waals surface area contributed by atoms with Crippen molar-refractivity contribution in [2.24, 2.45) is 7.05 Å². The van der Waals surface area contributed by atoms with Gasteiger partial charge in [0.05, 0.1) is 19.9 Å². The number of carbonyl (C=O) groups is 1. The number of rotatable bonds is 6. The van der Waals surface area contributed by atoms with Crippen LogP contribution in [-0.2, 0) is 23.2 Å². The minimum absolute atomic E-state index is 0.167. The summed E-state index contributed by atoms with van der Waals surface area (Å²) in [7, 11) is 5.03. The molecule has 0 saturated heterocycles. The molecule has 0 aliphatic carbocycles. The molecule has 0 unspecified atom stereocenters. The summed E-state index contributed by atoms with van der Waals surface area (Å²) in [5, 5.41) is 4.32. The van der Waals surface area contributed by atoms with Gasteiger partial charge in [-0.3, -0.25) is 4.68 Å². The highest BCUT2D eigenvalue weighted by Crippen LogP contribution is 2.30. The second kappa shape index (κ2) is 7.88. The maximum Gasteiger partial charge on any atom is 0.331 e. The fourth-order valence-corrected chi connectivity index (χ4v) is 2.56. The first-order chi connectivity index (χ1) is 11.9. The van der Waals surface area contributed by atoms with Crippen molar-refractivity contribution in [2.45, 2.75) is 27.4 Å². The molecule has 0 spiro atoms. The number of ether oxygens (including phenoxy) is 3. The third-order valence-electron chi connectivity index (χ3n) is 4.16. The van der Waals surface area contributed by atoms with Gasteiger partial charge >= 0.3 is 5.97 Å². The van der Waals surface area contributed by atoms with E-state index < -0.39 is 5.97 Å². The normalized spacial score (nSPS) is 11.0. The average molecular weight is 344 g/mol. The molecule has 0 saturated carbocycles. The Kier molecular flexibility index (Phi) is 5.85. The Morgan fingerprint density at radius 2 is 1.80 bits per heavy atom. The molecule has 6 nitrogen and oxygen atoms in total. The molecule has 0 radical (unpaired) electrons. The van der Waals surface area contributed by atoms with Crippen LogP contribution in [0.25, 0.3) is 6.08 Å². The van der Waals surface area contributed by atoms with Crippen LogP contribution in [0.1, 0.15) is 28.1 Å². The molecule has 0 aliphatic heterocycles. The van der Waals surface area contributed by atoms with E-state index in [0.29, 0.717) is 11.5 Å². The third-order valence-corrected chi connectivity index (χ3v) is 4.16. The van der Waals surface area contributed by atoms with Crippen LogP contribution in [-0.4, -0.2) is 30.0 Å². The van der Waals surface area contributed by atoms with Crippen LogP contribution in [0.2, 0.25) is 0 Å². The van der Waals surface area contributed by atoms with Crippen molar-refractivity contribution in [3.05, 3.63) is 46.3 Å². The van der Waals surface area contributed by atoms with Gasteiger partial charge in [-0.2, -0.15) is 5.10 Å². The monoisotopic (exact) mass is 344 g/mol. The van der Waals surface area contributed by atoms with Gasteiger partial charge in [-0.05, 0) is 50.1 Å². The lowest BCUT2D eigenvalue weighted by atomic mass is 10.1. The summed E-state index contributed by atoms with van der Waals surface area (Å²) in [5.74, 6) is 0.852. The summed E-state index contributed by atoms with van der Waals surface area (Å²) >= 11 is 0. The van der Waals surface area contributed by atoms with Crippen molar-refractivity contribution in [1.29, 1.82) is 0 Å². The molecule has 1 aromatic carbocycles. The Hall–Kier alpha value is -2.76. The third kappa shape index (κ3) is 4.21. The number of aryl methyl sites for hydroxylation is 3. The second-order valence-corrected chi connectivity index (χ2v) is 5.78. The minimum atomic E-state index is -0.406. The van der Waals surface area contributed by atoms with Gasteiger partial charge in [-0.25, -0.2) is 4.79 Å². The Morgan fingerprint density at radius 1 is 1.16 bits per heavy atom. The molecule has 0 fully saturated rings. The number of benzene rings is 1. The van der Waals surface area contributed by atoms with Crippen LogP contribution in [0, 0.1) is 20.8 Å². The maximum atomic E-state index is 12.0. The molecule has 0 aliphatic rings. The van der Waals surface area contributed by atoms with Gasteiger partial charge in [0.25, 0.3) is 0 Å². The lowest BCUT2D eigenvalue weighted by Gasteiger charge is -2.12. The number of esters is 1. The summed E-state index contributed by atoms with van der Waals surface area (Å²) in [6.45, 7) is 5.96. The molecule has 134 valence electrons. The van der Waals surface area contributed by atoms with Crippen LogP contribution in [0.3, 0.4) is 0 Å². The zero-order valence-corrected chi connectivity index (χ0v) is 15.5. The molecule has 6 heteroatoms. The van der Waals surface area contributed by atoms with Crippen LogP contribution in [0.5, 0.6) is 11.5 Å². The number of carbonyl (C=O) groups excluding carboxylic acids is 1. The molecule has 2 aromatic rings. The average Bonchev–Trinajstić information content (AvgIpc) is 2.83. The maximum absolute atomic E-state index is 12.0. The fourth-order valence-electron chi connectivity index (χ4n) is 2.56. The van der Waals surface area contributed by atoms with E-state index in [4.69, 9.17) is 14.2 Å². The largest absolute Gasteiger partial charge is 0.493 e. The van der Waals surface area contributed by atoms with Gasteiger partial charge in [-0.1, -0.05) is 0 Å². The highest BCUT2D eigenvalue weighted by Gasteiger charge is 2.11. The molecule has 0 N–H and O–H groups in total. The zero-order valence-electron chi connectivity index (χ0n) is 15.5. The summed E-state index contributed by atoms with van der Waals surface area (Å²) in [6.07, 6.45) is 3.16. The van der Waals surface area contributed by atoms with E-state index in [9.17, 15) is 4.79 Å². The number of aromatic nitrogens is 2. The molecular formula is C19H24N2O4. The molecular weight excluding hydrogens is 320 g/mol. The highest BCUT2D eigenvalue weighted by atomic mass is 16.5. The van der Waals surface area contributed by atoms with Gasteiger partial charge in [0.1, 0.15) is 6.61 Å². The van der Waals surface area contributed by atoms with Crippen LogP contribution >= 0.6 is 0 Å². The zero-order chi connectivity index (χ0) is 18.6. The molecule has 1 aromatic heterocycles. The predicted molar refractivity (Wildman–Crippen MR) is 95.8 cm³/mol. The Labute approximate surface area is 148 Å². The predicted octanol–water partition coefficient (Wildman–Crippen LogP) is 3.12. The molecule has 2 rings (SSSR count). The summed E-state index contributed by atoms with van der Waals surface area (Å²) in [4.78, 5) is 12.0. The molecule has 0 bridgehead atoms. The first-order valence-corrected chi connectivity index (χ1v) is 7.94. The van der Waals surface area contributed by atoms with E-state index >= 15 is 0 Å². The van der Waals surface area contributed by atoms with E-state index in [2.05, 4.69) is 5.10 Å². The molecule has 0 amide bonds. The van der Waals surface area contributed by atoms with E-state index in [1.165, 1.54) is 6.08 Å². The van der Waals surface area contributed by atoms with E-state index in [0.717, 1.165) is 28.1 Å². The summed E-state index contributed by atoms with van der Waals surface area (Å²) < 4.78 is 17.7. The van der Waals surface area contributed by atoms with Gasteiger partial charge in [0.2, 0.25) is 0 Å². The first-order valence-electron chi connectivity index (χ1n) is 7.94. The van der Waals surface area contributed by atoms with Crippen molar-refractivity contribution in [2.75, 3.05) is 14.2 Å². The van der Waals surface area contributed by atoms with Crippen LogP contribution in [0.15, 0.2) is 18.2 Å². The Balaban J connectivity index is 2.06. The van der Waals surface area contributed by atoms with Crippen molar-refractivity contribution in [3.8, 4) is 11.5 Å². The number of hydrogen-bond donors (Lipinski definition) is 0. The van der Waals surface area contributed by atoms with Gasteiger partial charge in [-0.15, -0.1) is 0 Å². The van der Waals surface area contributed by atoms with Gasteiger partial charge < -0.3 is 14.2 Å². The number of methoxy groups -OCH3 is 2. The van der Waals surface area contributed by atoms with Crippen molar-refractivity contribution in [1.82, 2.24) is 9.78 Å². The van der Waals surface area contributed by atoms with Crippen molar-refractivity contribution >= 4 is 12.0 Å². The molecule has 25 heavy (non-hydrogen) atoms. The lowest BCUT2D eigenvalue weighted by Crippen LogP contribution is -2.03. The fraction of sp³-hybridized carbons (Fsp3) is 0.368. The van der Waals surface area contributed by atoms with Crippen molar-refractivity contribution < 1.29 is 19.0 Å². The van der Waals surface area contributed by atoms with E-state index in [1.54, 1.807) is 25.0 Å². The topological polar surface area (TPSA) is 62.6 Å². The number of hydrogen-bond acceptors (Lipinski definition) is 5. The van der Waals surface area contributed by atoms with E-state index in [1.807, 2.05) is 40.0 Å². The second-order valence-electron chi connectivity index (χ2n) is 5.78. The van der Waals surface area contributed by atoms with E-state index in [-0.39, 0.29) is 6.61 Å². The molecule has 0 atom stereocenters. The first kappa shape index (κ1) is 18.6. The van der Waals surface area contributed by atoms with Crippen LogP contribution in [0.4, 0.5) is 0 Å². The minimum Gasteiger partial charge on any atom is -0.493 e. The smallest absolute Gasteiger partial charge is 0.331 e. The van der Waals surface area contributed by atoms with Gasteiger partial charge in [0, 0.05) is 24.4 Å². The number of nitrogens with zero attached hydrogens (tertiary/aromatic N) is 2. The highest BCUT2D eigenvalue weighted by molar-refractivity contribution is 5.87. The standard InChI is InChI=1S/C19H24N2O4/c1-12-9-17(23-5)18(24-6)10-15(12)11-25-19(22)8-7-16-13(2)20-21(4)14(16)3/h7-10H,11H2,1-6H3/b8-7+. The SMILES string of the molecule is COc1cc(C)c(COC(=O)/C=C/c2c(C)nn(C)c2C)cc1OC. The Bertz CT molecular complexity index is 806. The van der Waals surface area contributed by atoms with Crippen LogP contribution < -0.4 is 9.47 Å². The molecule has 1 heterocycles. The van der Waals surface area contributed by atoms with Gasteiger partial charge in [0.15, 0.2) is 11.5 Å². The van der Waals surface area contributed by atoms with Crippen molar-refractivity contribution in [3.63, 3.8) is 0 Å².